The Bertz CT molecular complexity index is 295. The molecule has 0 aliphatic carbocycles. The lowest BCUT2D eigenvalue weighted by Gasteiger charge is -2.21. The summed E-state index contributed by atoms with van der Waals surface area (Å²) >= 11 is 1.72. The third-order valence-corrected chi connectivity index (χ3v) is 3.57. The van der Waals surface area contributed by atoms with E-state index >= 15 is 0 Å². The Morgan fingerprint density at radius 3 is 3.00 bits per heavy atom. The smallest absolute Gasteiger partial charge is 0.0897 e. The SMILES string of the molecule is Cc1nc(CNCC2CCOCC2)cs1. The highest BCUT2D eigenvalue weighted by Gasteiger charge is 2.12. The van der Waals surface area contributed by atoms with Gasteiger partial charge in [0.2, 0.25) is 0 Å². The molecule has 15 heavy (non-hydrogen) atoms. The molecule has 0 spiro atoms. The summed E-state index contributed by atoms with van der Waals surface area (Å²) < 4.78 is 5.33. The van der Waals surface area contributed by atoms with Crippen molar-refractivity contribution in [3.05, 3.63) is 16.1 Å². The molecule has 2 rings (SSSR count). The number of rotatable bonds is 4. The van der Waals surface area contributed by atoms with Crippen molar-refractivity contribution in [2.24, 2.45) is 5.92 Å². The predicted octanol–water partition coefficient (Wildman–Crippen LogP) is 1.97. The molecule has 1 fully saturated rings. The van der Waals surface area contributed by atoms with E-state index < -0.39 is 0 Å². The van der Waals surface area contributed by atoms with Gasteiger partial charge in [0.05, 0.1) is 10.7 Å². The lowest BCUT2D eigenvalue weighted by atomic mass is 10.0. The normalized spacial score (nSPS) is 18.2. The molecule has 0 bridgehead atoms. The molecule has 1 N–H and O–H groups in total. The van der Waals surface area contributed by atoms with E-state index in [2.05, 4.69) is 15.7 Å². The fraction of sp³-hybridized carbons (Fsp3) is 0.727. The van der Waals surface area contributed by atoms with Gasteiger partial charge in [-0.25, -0.2) is 4.98 Å². The lowest BCUT2D eigenvalue weighted by Crippen LogP contribution is -2.27. The summed E-state index contributed by atoms with van der Waals surface area (Å²) in [6.07, 6.45) is 2.40. The van der Waals surface area contributed by atoms with Crippen molar-refractivity contribution >= 4 is 11.3 Å². The van der Waals surface area contributed by atoms with Crippen LogP contribution < -0.4 is 5.32 Å². The summed E-state index contributed by atoms with van der Waals surface area (Å²) in [4.78, 5) is 4.42. The molecule has 1 aliphatic rings. The minimum absolute atomic E-state index is 0.790. The third-order valence-electron chi connectivity index (χ3n) is 2.75. The van der Waals surface area contributed by atoms with Crippen LogP contribution >= 0.6 is 11.3 Å². The zero-order chi connectivity index (χ0) is 10.5. The fourth-order valence-electron chi connectivity index (χ4n) is 1.84. The van der Waals surface area contributed by atoms with E-state index in [9.17, 15) is 0 Å². The highest BCUT2D eigenvalue weighted by molar-refractivity contribution is 7.09. The largest absolute Gasteiger partial charge is 0.381 e. The number of thiazole rings is 1. The summed E-state index contributed by atoms with van der Waals surface area (Å²) in [6.45, 7) is 5.92. The van der Waals surface area contributed by atoms with Crippen LogP contribution in [0.3, 0.4) is 0 Å². The zero-order valence-corrected chi connectivity index (χ0v) is 9.98. The number of nitrogens with one attached hydrogen (secondary N) is 1. The standard InChI is InChI=1S/C11H18N2OS/c1-9-13-11(8-15-9)7-12-6-10-2-4-14-5-3-10/h8,10,12H,2-7H2,1H3. The minimum Gasteiger partial charge on any atom is -0.381 e. The maximum Gasteiger partial charge on any atom is 0.0897 e. The van der Waals surface area contributed by atoms with Gasteiger partial charge in [-0.3, -0.25) is 0 Å². The second-order valence-electron chi connectivity index (χ2n) is 4.04. The maximum absolute atomic E-state index is 5.33. The average Bonchev–Trinajstić information content (AvgIpc) is 2.66. The number of ether oxygens (including phenoxy) is 1. The quantitative estimate of drug-likeness (QED) is 0.852. The van der Waals surface area contributed by atoms with Crippen LogP contribution in [0.15, 0.2) is 5.38 Å². The number of hydrogen-bond donors (Lipinski definition) is 1. The molecule has 84 valence electrons. The van der Waals surface area contributed by atoms with E-state index in [4.69, 9.17) is 4.74 Å². The van der Waals surface area contributed by atoms with Gasteiger partial charge >= 0.3 is 0 Å². The summed E-state index contributed by atoms with van der Waals surface area (Å²) in [5.74, 6) is 0.790. The topological polar surface area (TPSA) is 34.2 Å². The molecule has 1 saturated heterocycles. The Morgan fingerprint density at radius 2 is 2.33 bits per heavy atom. The summed E-state index contributed by atoms with van der Waals surface area (Å²) in [5, 5.41) is 6.76. The van der Waals surface area contributed by atoms with Crippen molar-refractivity contribution in [2.45, 2.75) is 26.3 Å². The van der Waals surface area contributed by atoms with Crippen LogP contribution in [-0.4, -0.2) is 24.7 Å². The number of aryl methyl sites for hydroxylation is 1. The van der Waals surface area contributed by atoms with E-state index in [1.54, 1.807) is 11.3 Å². The van der Waals surface area contributed by atoms with Crippen LogP contribution in [-0.2, 0) is 11.3 Å². The van der Waals surface area contributed by atoms with Gasteiger partial charge in [0, 0.05) is 25.1 Å². The van der Waals surface area contributed by atoms with Crippen molar-refractivity contribution in [3.8, 4) is 0 Å². The Morgan fingerprint density at radius 1 is 1.53 bits per heavy atom. The molecule has 2 heterocycles. The van der Waals surface area contributed by atoms with Gasteiger partial charge < -0.3 is 10.1 Å². The summed E-state index contributed by atoms with van der Waals surface area (Å²) in [5.41, 5.74) is 1.17. The van der Waals surface area contributed by atoms with Gasteiger partial charge in [-0.2, -0.15) is 0 Å². The first-order valence-corrected chi connectivity index (χ1v) is 6.42. The van der Waals surface area contributed by atoms with Crippen molar-refractivity contribution in [1.82, 2.24) is 10.3 Å². The number of nitrogens with zero attached hydrogens (tertiary/aromatic N) is 1. The second kappa shape index (κ2) is 5.58. The summed E-state index contributed by atoms with van der Waals surface area (Å²) in [7, 11) is 0. The van der Waals surface area contributed by atoms with Gasteiger partial charge in [0.1, 0.15) is 0 Å². The van der Waals surface area contributed by atoms with Crippen molar-refractivity contribution < 1.29 is 4.74 Å². The third kappa shape index (κ3) is 3.55. The first kappa shape index (κ1) is 11.0. The van der Waals surface area contributed by atoms with E-state index in [1.807, 2.05) is 6.92 Å². The molecular weight excluding hydrogens is 208 g/mol. The van der Waals surface area contributed by atoms with E-state index in [0.717, 1.165) is 37.2 Å². The van der Waals surface area contributed by atoms with E-state index in [1.165, 1.54) is 18.5 Å². The number of aromatic nitrogens is 1. The van der Waals surface area contributed by atoms with Crippen molar-refractivity contribution in [3.63, 3.8) is 0 Å². The fourth-order valence-corrected chi connectivity index (χ4v) is 2.46. The molecule has 0 radical (unpaired) electrons. The Kier molecular flexibility index (Phi) is 4.11. The Balaban J connectivity index is 1.65. The molecule has 0 aromatic carbocycles. The zero-order valence-electron chi connectivity index (χ0n) is 9.16. The number of hydrogen-bond acceptors (Lipinski definition) is 4. The predicted molar refractivity (Wildman–Crippen MR) is 62.1 cm³/mol. The monoisotopic (exact) mass is 226 g/mol. The molecule has 0 unspecified atom stereocenters. The van der Waals surface area contributed by atoms with E-state index in [0.29, 0.717) is 0 Å². The van der Waals surface area contributed by atoms with Crippen LogP contribution in [0.4, 0.5) is 0 Å². The molecular formula is C11H18N2OS. The first-order valence-electron chi connectivity index (χ1n) is 5.54. The molecule has 0 amide bonds. The molecule has 3 nitrogen and oxygen atoms in total. The Labute approximate surface area is 94.9 Å². The van der Waals surface area contributed by atoms with Crippen LogP contribution in [0.1, 0.15) is 23.5 Å². The highest BCUT2D eigenvalue weighted by Crippen LogP contribution is 2.13. The first-order chi connectivity index (χ1) is 7.34. The van der Waals surface area contributed by atoms with E-state index in [-0.39, 0.29) is 0 Å². The van der Waals surface area contributed by atoms with Crippen molar-refractivity contribution in [1.29, 1.82) is 0 Å². The van der Waals surface area contributed by atoms with Gasteiger partial charge in [0.25, 0.3) is 0 Å². The van der Waals surface area contributed by atoms with Crippen LogP contribution in [0.25, 0.3) is 0 Å². The lowest BCUT2D eigenvalue weighted by molar-refractivity contribution is 0.0662. The molecule has 0 saturated carbocycles. The van der Waals surface area contributed by atoms with Gasteiger partial charge in [0.15, 0.2) is 0 Å². The molecule has 4 heteroatoms. The van der Waals surface area contributed by atoms with Crippen LogP contribution in [0, 0.1) is 12.8 Å². The molecule has 1 aromatic heterocycles. The van der Waals surface area contributed by atoms with Crippen LogP contribution in [0.5, 0.6) is 0 Å². The molecule has 1 aliphatic heterocycles. The van der Waals surface area contributed by atoms with Gasteiger partial charge in [-0.15, -0.1) is 11.3 Å². The van der Waals surface area contributed by atoms with Gasteiger partial charge in [-0.1, -0.05) is 0 Å². The molecule has 0 atom stereocenters. The van der Waals surface area contributed by atoms with Crippen LogP contribution in [0.2, 0.25) is 0 Å². The second-order valence-corrected chi connectivity index (χ2v) is 5.11. The average molecular weight is 226 g/mol. The van der Waals surface area contributed by atoms with Gasteiger partial charge in [-0.05, 0) is 32.2 Å². The van der Waals surface area contributed by atoms with Crippen molar-refractivity contribution in [2.75, 3.05) is 19.8 Å². The summed E-state index contributed by atoms with van der Waals surface area (Å²) in [6, 6.07) is 0. The minimum atomic E-state index is 0.790. The maximum atomic E-state index is 5.33. The Hall–Kier alpha value is -0.450. The molecule has 1 aromatic rings. The highest BCUT2D eigenvalue weighted by atomic mass is 32.1.